The molecule has 4 heteroatoms. The molecular formula is C15H23N3O. The van der Waals surface area contributed by atoms with Gasteiger partial charge in [0.05, 0.1) is 6.42 Å². The van der Waals surface area contributed by atoms with E-state index in [1.165, 1.54) is 0 Å². The molecule has 0 radical (unpaired) electrons. The van der Waals surface area contributed by atoms with Gasteiger partial charge in [-0.05, 0) is 42.1 Å². The van der Waals surface area contributed by atoms with E-state index in [9.17, 15) is 4.79 Å². The third-order valence-electron chi connectivity index (χ3n) is 3.75. The molecule has 1 aliphatic heterocycles. The summed E-state index contributed by atoms with van der Waals surface area (Å²) >= 11 is 0. The predicted octanol–water partition coefficient (Wildman–Crippen LogP) is 1.99. The van der Waals surface area contributed by atoms with Gasteiger partial charge in [-0.1, -0.05) is 13.8 Å². The van der Waals surface area contributed by atoms with Gasteiger partial charge < -0.3 is 16.0 Å². The number of anilines is 2. The number of amides is 1. The molecule has 0 atom stereocenters. The van der Waals surface area contributed by atoms with E-state index in [1.807, 2.05) is 19.2 Å². The molecule has 2 rings (SSSR count). The van der Waals surface area contributed by atoms with E-state index >= 15 is 0 Å². The van der Waals surface area contributed by atoms with Crippen molar-refractivity contribution in [3.8, 4) is 0 Å². The van der Waals surface area contributed by atoms with Gasteiger partial charge in [0, 0.05) is 25.0 Å². The Labute approximate surface area is 115 Å². The highest BCUT2D eigenvalue weighted by molar-refractivity contribution is 6.01. The number of carbonyl (C=O) groups excluding carboxylic acids is 1. The number of hydrogen-bond donors (Lipinski definition) is 2. The van der Waals surface area contributed by atoms with E-state index in [4.69, 9.17) is 5.73 Å². The smallest absolute Gasteiger partial charge is 0.231 e. The van der Waals surface area contributed by atoms with Gasteiger partial charge in [-0.2, -0.15) is 0 Å². The fourth-order valence-corrected chi connectivity index (χ4v) is 2.40. The van der Waals surface area contributed by atoms with Gasteiger partial charge in [0.15, 0.2) is 0 Å². The van der Waals surface area contributed by atoms with Crippen LogP contribution in [0.15, 0.2) is 18.2 Å². The summed E-state index contributed by atoms with van der Waals surface area (Å²) in [6, 6.07) is 6.13. The van der Waals surface area contributed by atoms with Crippen molar-refractivity contribution in [3.05, 3.63) is 23.8 Å². The van der Waals surface area contributed by atoms with Crippen molar-refractivity contribution in [1.29, 1.82) is 0 Å². The molecular weight excluding hydrogens is 238 g/mol. The minimum atomic E-state index is 0.163. The molecule has 3 N–H and O–H groups in total. The molecule has 1 aromatic rings. The molecule has 4 nitrogen and oxygen atoms in total. The van der Waals surface area contributed by atoms with Crippen LogP contribution in [-0.4, -0.2) is 26.0 Å². The summed E-state index contributed by atoms with van der Waals surface area (Å²) in [6.45, 7) is 6.00. The van der Waals surface area contributed by atoms with E-state index in [1.54, 1.807) is 4.90 Å². The quantitative estimate of drug-likeness (QED) is 0.852. The van der Waals surface area contributed by atoms with Crippen LogP contribution in [-0.2, 0) is 11.2 Å². The Bertz CT molecular complexity index is 482. The van der Waals surface area contributed by atoms with Crippen molar-refractivity contribution < 1.29 is 4.79 Å². The van der Waals surface area contributed by atoms with E-state index < -0.39 is 0 Å². The van der Waals surface area contributed by atoms with Crippen LogP contribution in [0, 0.1) is 5.41 Å². The first kappa shape index (κ1) is 13.9. The highest BCUT2D eigenvalue weighted by Crippen LogP contribution is 2.30. The molecule has 19 heavy (non-hydrogen) atoms. The SMILES string of the molecule is CN1C(=O)Cc2cc(NCC(C)(C)CCN)ccc21. The number of nitrogens with one attached hydrogen (secondary N) is 1. The van der Waals surface area contributed by atoms with E-state index in [2.05, 4.69) is 25.2 Å². The van der Waals surface area contributed by atoms with Crippen LogP contribution in [0.1, 0.15) is 25.8 Å². The highest BCUT2D eigenvalue weighted by Gasteiger charge is 2.24. The Morgan fingerprint density at radius 2 is 2.16 bits per heavy atom. The van der Waals surface area contributed by atoms with Gasteiger partial charge in [0.25, 0.3) is 0 Å². The number of nitrogens with two attached hydrogens (primary N) is 1. The van der Waals surface area contributed by atoms with Crippen LogP contribution in [0.2, 0.25) is 0 Å². The van der Waals surface area contributed by atoms with Crippen LogP contribution >= 0.6 is 0 Å². The monoisotopic (exact) mass is 261 g/mol. The van der Waals surface area contributed by atoms with Crippen molar-refractivity contribution >= 4 is 17.3 Å². The Morgan fingerprint density at radius 1 is 1.42 bits per heavy atom. The topological polar surface area (TPSA) is 58.4 Å². The number of benzene rings is 1. The maximum Gasteiger partial charge on any atom is 0.231 e. The summed E-state index contributed by atoms with van der Waals surface area (Å²) in [5.74, 6) is 0.163. The zero-order valence-corrected chi connectivity index (χ0v) is 12.0. The lowest BCUT2D eigenvalue weighted by Crippen LogP contribution is -2.26. The second-order valence-electron chi connectivity index (χ2n) is 6.03. The van der Waals surface area contributed by atoms with E-state index in [0.717, 1.165) is 29.9 Å². The summed E-state index contributed by atoms with van der Waals surface area (Å²) in [5, 5.41) is 3.44. The first-order valence-electron chi connectivity index (χ1n) is 6.76. The summed E-state index contributed by atoms with van der Waals surface area (Å²) in [5.41, 5.74) is 9.00. The fraction of sp³-hybridized carbons (Fsp3) is 0.533. The summed E-state index contributed by atoms with van der Waals surface area (Å²) in [6.07, 6.45) is 1.50. The van der Waals surface area contributed by atoms with Gasteiger partial charge in [0.2, 0.25) is 5.91 Å². The molecule has 0 unspecified atom stereocenters. The largest absolute Gasteiger partial charge is 0.384 e. The first-order chi connectivity index (χ1) is 8.93. The third-order valence-corrected chi connectivity index (χ3v) is 3.75. The molecule has 0 aliphatic carbocycles. The predicted molar refractivity (Wildman–Crippen MR) is 79.5 cm³/mol. The minimum absolute atomic E-state index is 0.163. The van der Waals surface area contributed by atoms with Gasteiger partial charge in [0.1, 0.15) is 0 Å². The number of rotatable bonds is 5. The van der Waals surface area contributed by atoms with Crippen molar-refractivity contribution in [1.82, 2.24) is 0 Å². The second-order valence-corrected chi connectivity index (χ2v) is 6.03. The van der Waals surface area contributed by atoms with Crippen molar-refractivity contribution in [2.24, 2.45) is 11.1 Å². The van der Waals surface area contributed by atoms with Crippen LogP contribution in [0.25, 0.3) is 0 Å². The zero-order valence-electron chi connectivity index (χ0n) is 12.0. The molecule has 1 amide bonds. The molecule has 0 saturated heterocycles. The molecule has 1 aliphatic rings. The number of nitrogens with zero attached hydrogens (tertiary/aromatic N) is 1. The molecule has 1 aromatic carbocycles. The zero-order chi connectivity index (χ0) is 14.0. The highest BCUT2D eigenvalue weighted by atomic mass is 16.2. The Balaban J connectivity index is 2.04. The van der Waals surface area contributed by atoms with Gasteiger partial charge in [-0.3, -0.25) is 4.79 Å². The maximum atomic E-state index is 11.6. The van der Waals surface area contributed by atoms with Crippen LogP contribution in [0.3, 0.4) is 0 Å². The fourth-order valence-electron chi connectivity index (χ4n) is 2.40. The Morgan fingerprint density at radius 3 is 2.84 bits per heavy atom. The van der Waals surface area contributed by atoms with Crippen LogP contribution in [0.4, 0.5) is 11.4 Å². The van der Waals surface area contributed by atoms with Gasteiger partial charge in [-0.15, -0.1) is 0 Å². The summed E-state index contributed by atoms with van der Waals surface area (Å²) in [4.78, 5) is 13.4. The van der Waals surface area contributed by atoms with Crippen LogP contribution in [0.5, 0.6) is 0 Å². The Kier molecular flexibility index (Phi) is 3.80. The molecule has 0 bridgehead atoms. The number of fused-ring (bicyclic) bond motifs is 1. The molecule has 1 heterocycles. The number of hydrogen-bond acceptors (Lipinski definition) is 3. The van der Waals surface area contributed by atoms with E-state index in [0.29, 0.717) is 13.0 Å². The molecule has 0 spiro atoms. The third kappa shape index (κ3) is 3.07. The van der Waals surface area contributed by atoms with Crippen molar-refractivity contribution in [2.75, 3.05) is 30.4 Å². The first-order valence-corrected chi connectivity index (χ1v) is 6.76. The van der Waals surface area contributed by atoms with Crippen molar-refractivity contribution in [2.45, 2.75) is 26.7 Å². The van der Waals surface area contributed by atoms with Crippen molar-refractivity contribution in [3.63, 3.8) is 0 Å². The second kappa shape index (κ2) is 5.21. The standard InChI is InChI=1S/C15H23N3O/c1-15(2,6-7-16)10-17-12-4-5-13-11(8-12)9-14(19)18(13)3/h4-5,8,17H,6-7,9-10,16H2,1-3H3. The molecule has 0 aromatic heterocycles. The average Bonchev–Trinajstić information content (AvgIpc) is 2.62. The Hall–Kier alpha value is -1.55. The average molecular weight is 261 g/mol. The lowest BCUT2D eigenvalue weighted by atomic mass is 9.89. The van der Waals surface area contributed by atoms with E-state index in [-0.39, 0.29) is 11.3 Å². The lowest BCUT2D eigenvalue weighted by molar-refractivity contribution is -0.117. The van der Waals surface area contributed by atoms with Gasteiger partial charge >= 0.3 is 0 Å². The minimum Gasteiger partial charge on any atom is -0.384 e. The number of carbonyl (C=O) groups is 1. The lowest BCUT2D eigenvalue weighted by Gasteiger charge is -2.25. The molecule has 0 fully saturated rings. The molecule has 104 valence electrons. The summed E-state index contributed by atoms with van der Waals surface area (Å²) in [7, 11) is 1.83. The van der Waals surface area contributed by atoms with Crippen LogP contribution < -0.4 is 16.0 Å². The number of likely N-dealkylation sites (N-methyl/N-ethyl adjacent to an activating group) is 1. The van der Waals surface area contributed by atoms with Gasteiger partial charge in [-0.25, -0.2) is 0 Å². The molecule has 0 saturated carbocycles. The normalized spacial score (nSPS) is 14.7. The maximum absolute atomic E-state index is 11.6. The summed E-state index contributed by atoms with van der Waals surface area (Å²) < 4.78 is 0.